The second kappa shape index (κ2) is 5.91. The van der Waals surface area contributed by atoms with Crippen molar-refractivity contribution in [1.29, 1.82) is 0 Å². The van der Waals surface area contributed by atoms with Gasteiger partial charge in [-0.2, -0.15) is 0 Å². The van der Waals surface area contributed by atoms with E-state index < -0.39 is 0 Å². The molecule has 0 radical (unpaired) electrons. The van der Waals surface area contributed by atoms with Crippen LogP contribution in [0.2, 0.25) is 5.02 Å². The van der Waals surface area contributed by atoms with Crippen LogP contribution in [0.25, 0.3) is 0 Å². The van der Waals surface area contributed by atoms with Crippen LogP contribution in [0.5, 0.6) is 17.2 Å². The fourth-order valence-corrected chi connectivity index (χ4v) is 2.05. The Hall–Kier alpha value is -1.78. The molecule has 0 bridgehead atoms. The second-order valence-electron chi connectivity index (χ2n) is 3.78. The van der Waals surface area contributed by atoms with Crippen molar-refractivity contribution in [2.75, 3.05) is 7.11 Å². The topological polar surface area (TPSA) is 44.5 Å². The molecule has 0 heterocycles. The maximum Gasteiger partial charge on any atom is 0.128 e. The number of nitrogens with two attached hydrogens (primary N) is 1. The molecular formula is C14H12ClNO2S. The van der Waals surface area contributed by atoms with Gasteiger partial charge in [0.1, 0.15) is 22.2 Å². The number of halogens is 1. The van der Waals surface area contributed by atoms with Crippen LogP contribution in [0.1, 0.15) is 5.56 Å². The van der Waals surface area contributed by atoms with Gasteiger partial charge < -0.3 is 15.2 Å². The molecule has 0 saturated carbocycles. The van der Waals surface area contributed by atoms with Crippen LogP contribution >= 0.6 is 23.8 Å². The lowest BCUT2D eigenvalue weighted by Gasteiger charge is -2.08. The third kappa shape index (κ3) is 3.36. The Balaban J connectivity index is 2.18. The summed E-state index contributed by atoms with van der Waals surface area (Å²) in [4.78, 5) is 0.265. The Bertz CT molecular complexity index is 599. The van der Waals surface area contributed by atoms with E-state index in [1.165, 1.54) is 0 Å². The molecule has 0 unspecified atom stereocenters. The fourth-order valence-electron chi connectivity index (χ4n) is 1.54. The monoisotopic (exact) mass is 293 g/mol. The summed E-state index contributed by atoms with van der Waals surface area (Å²) >= 11 is 11.0. The van der Waals surface area contributed by atoms with Gasteiger partial charge in [0.15, 0.2) is 0 Å². The molecule has 0 aliphatic heterocycles. The lowest BCUT2D eigenvalue weighted by molar-refractivity contribution is 0.413. The van der Waals surface area contributed by atoms with E-state index in [2.05, 4.69) is 0 Å². The van der Waals surface area contributed by atoms with Crippen molar-refractivity contribution in [3.63, 3.8) is 0 Å². The summed E-state index contributed by atoms with van der Waals surface area (Å²) in [5.74, 6) is 2.09. The smallest absolute Gasteiger partial charge is 0.128 e. The molecule has 2 rings (SSSR count). The predicted molar refractivity (Wildman–Crippen MR) is 80.4 cm³/mol. The molecule has 5 heteroatoms. The van der Waals surface area contributed by atoms with Crippen molar-refractivity contribution >= 4 is 28.8 Å². The highest BCUT2D eigenvalue weighted by Gasteiger charge is 2.05. The minimum Gasteiger partial charge on any atom is -0.497 e. The molecule has 3 nitrogen and oxygen atoms in total. The lowest BCUT2D eigenvalue weighted by atomic mass is 10.2. The lowest BCUT2D eigenvalue weighted by Crippen LogP contribution is -2.09. The normalized spacial score (nSPS) is 10.0. The van der Waals surface area contributed by atoms with Gasteiger partial charge in [-0.15, -0.1) is 0 Å². The van der Waals surface area contributed by atoms with Crippen molar-refractivity contribution in [1.82, 2.24) is 0 Å². The molecule has 0 amide bonds. The molecule has 0 fully saturated rings. The first kappa shape index (κ1) is 13.6. The molecule has 0 atom stereocenters. The second-order valence-corrected chi connectivity index (χ2v) is 4.63. The molecule has 0 spiro atoms. The van der Waals surface area contributed by atoms with Crippen molar-refractivity contribution in [3.8, 4) is 17.2 Å². The summed E-state index contributed by atoms with van der Waals surface area (Å²) in [5, 5.41) is 0.471. The van der Waals surface area contributed by atoms with Gasteiger partial charge in [-0.05, 0) is 36.4 Å². The van der Waals surface area contributed by atoms with Crippen LogP contribution in [0.3, 0.4) is 0 Å². The number of hydrogen-bond acceptors (Lipinski definition) is 3. The molecule has 0 aliphatic carbocycles. The van der Waals surface area contributed by atoms with Gasteiger partial charge in [-0.3, -0.25) is 0 Å². The van der Waals surface area contributed by atoms with Gasteiger partial charge in [0.25, 0.3) is 0 Å². The number of rotatable bonds is 4. The van der Waals surface area contributed by atoms with E-state index in [1.807, 2.05) is 24.3 Å². The van der Waals surface area contributed by atoms with Crippen LogP contribution in [0.4, 0.5) is 0 Å². The highest BCUT2D eigenvalue weighted by molar-refractivity contribution is 7.80. The van der Waals surface area contributed by atoms with Gasteiger partial charge in [0, 0.05) is 11.6 Å². The minimum absolute atomic E-state index is 0.265. The number of benzene rings is 2. The fraction of sp³-hybridized carbons (Fsp3) is 0.0714. The third-order valence-electron chi connectivity index (χ3n) is 2.50. The Morgan fingerprint density at radius 1 is 1.05 bits per heavy atom. The van der Waals surface area contributed by atoms with E-state index in [0.29, 0.717) is 22.1 Å². The van der Waals surface area contributed by atoms with Crippen LogP contribution < -0.4 is 15.2 Å². The zero-order chi connectivity index (χ0) is 13.8. The van der Waals surface area contributed by atoms with Crippen LogP contribution in [0, 0.1) is 0 Å². The van der Waals surface area contributed by atoms with Crippen molar-refractivity contribution in [2.45, 2.75) is 0 Å². The Morgan fingerprint density at radius 3 is 2.16 bits per heavy atom. The predicted octanol–water partition coefficient (Wildman–Crippen LogP) is 3.78. The third-order valence-corrected chi connectivity index (χ3v) is 3.03. The number of ether oxygens (including phenoxy) is 2. The van der Waals surface area contributed by atoms with Gasteiger partial charge >= 0.3 is 0 Å². The molecule has 0 aromatic heterocycles. The molecule has 2 aromatic rings. The zero-order valence-corrected chi connectivity index (χ0v) is 11.8. The molecule has 2 N–H and O–H groups in total. The van der Waals surface area contributed by atoms with Gasteiger partial charge in [0.05, 0.1) is 12.1 Å². The molecule has 2 aromatic carbocycles. The first-order valence-corrected chi connectivity index (χ1v) is 6.30. The van der Waals surface area contributed by atoms with E-state index in [1.54, 1.807) is 25.3 Å². The summed E-state index contributed by atoms with van der Waals surface area (Å²) in [6.45, 7) is 0. The Labute approximate surface area is 121 Å². The van der Waals surface area contributed by atoms with E-state index >= 15 is 0 Å². The first-order valence-electron chi connectivity index (χ1n) is 5.51. The molecular weight excluding hydrogens is 282 g/mol. The molecule has 19 heavy (non-hydrogen) atoms. The Morgan fingerprint density at radius 2 is 1.63 bits per heavy atom. The number of hydrogen-bond donors (Lipinski definition) is 1. The first-order chi connectivity index (χ1) is 9.10. The van der Waals surface area contributed by atoms with E-state index in [9.17, 15) is 0 Å². The molecule has 0 saturated heterocycles. The molecule has 98 valence electrons. The van der Waals surface area contributed by atoms with Crippen molar-refractivity contribution in [3.05, 3.63) is 53.1 Å². The average molecular weight is 294 g/mol. The average Bonchev–Trinajstić information content (AvgIpc) is 2.39. The van der Waals surface area contributed by atoms with Crippen LogP contribution in [-0.4, -0.2) is 12.1 Å². The SMILES string of the molecule is COc1ccc(Oc2ccc(C(N)=S)c(Cl)c2)cc1. The summed E-state index contributed by atoms with van der Waals surface area (Å²) < 4.78 is 10.7. The van der Waals surface area contributed by atoms with E-state index in [0.717, 1.165) is 5.75 Å². The zero-order valence-electron chi connectivity index (χ0n) is 10.2. The van der Waals surface area contributed by atoms with Gasteiger partial charge in [0.2, 0.25) is 0 Å². The molecule has 0 aliphatic rings. The Kier molecular flexibility index (Phi) is 4.24. The maximum absolute atomic E-state index is 6.07. The minimum atomic E-state index is 0.265. The highest BCUT2D eigenvalue weighted by atomic mass is 35.5. The standard InChI is InChI=1S/C14H12ClNO2S/c1-17-9-2-4-10(5-3-9)18-11-6-7-12(14(16)19)13(15)8-11/h2-8H,1H3,(H2,16,19). The van der Waals surface area contributed by atoms with Crippen LogP contribution in [0.15, 0.2) is 42.5 Å². The van der Waals surface area contributed by atoms with Gasteiger partial charge in [-0.25, -0.2) is 0 Å². The van der Waals surface area contributed by atoms with Crippen molar-refractivity contribution < 1.29 is 9.47 Å². The summed E-state index contributed by atoms with van der Waals surface area (Å²) in [6, 6.07) is 12.5. The summed E-state index contributed by atoms with van der Waals surface area (Å²) in [6.07, 6.45) is 0. The quantitative estimate of drug-likeness (QED) is 0.872. The van der Waals surface area contributed by atoms with E-state index in [-0.39, 0.29) is 4.99 Å². The number of thiocarbonyl (C=S) groups is 1. The summed E-state index contributed by atoms with van der Waals surface area (Å²) in [7, 11) is 1.62. The number of methoxy groups -OCH3 is 1. The summed E-state index contributed by atoms with van der Waals surface area (Å²) in [5.41, 5.74) is 6.18. The maximum atomic E-state index is 6.07. The van der Waals surface area contributed by atoms with E-state index in [4.69, 9.17) is 39.0 Å². The highest BCUT2D eigenvalue weighted by Crippen LogP contribution is 2.27. The van der Waals surface area contributed by atoms with Crippen molar-refractivity contribution in [2.24, 2.45) is 5.73 Å². The largest absolute Gasteiger partial charge is 0.497 e. The van der Waals surface area contributed by atoms with Crippen LogP contribution in [-0.2, 0) is 0 Å². The van der Waals surface area contributed by atoms with Gasteiger partial charge in [-0.1, -0.05) is 23.8 Å².